The molecule has 1 N–H and O–H groups in total. The Kier molecular flexibility index (Phi) is 4.17. The second-order valence-corrected chi connectivity index (χ2v) is 5.92. The predicted molar refractivity (Wildman–Crippen MR) is 78.9 cm³/mol. The molecule has 110 valence electrons. The van der Waals surface area contributed by atoms with Gasteiger partial charge in [0.05, 0.1) is 0 Å². The Morgan fingerprint density at radius 1 is 1.20 bits per heavy atom. The first kappa shape index (κ1) is 13.8. The summed E-state index contributed by atoms with van der Waals surface area (Å²) in [6.07, 6.45) is 5.15. The molecule has 5 heteroatoms. The molecule has 0 spiro atoms. The average Bonchev–Trinajstić information content (AvgIpc) is 3.23. The second-order valence-electron chi connectivity index (χ2n) is 5.92. The summed E-state index contributed by atoms with van der Waals surface area (Å²) in [4.78, 5) is 11.4. The van der Waals surface area contributed by atoms with Gasteiger partial charge in [-0.3, -0.25) is 0 Å². The monoisotopic (exact) mass is 276 g/mol. The van der Waals surface area contributed by atoms with Gasteiger partial charge in [0, 0.05) is 44.0 Å². The highest BCUT2D eigenvalue weighted by Gasteiger charge is 2.27. The van der Waals surface area contributed by atoms with Crippen molar-refractivity contribution in [1.82, 2.24) is 15.3 Å². The third kappa shape index (κ3) is 3.46. The first-order valence-corrected chi connectivity index (χ1v) is 7.59. The van der Waals surface area contributed by atoms with E-state index in [1.54, 1.807) is 7.11 Å². The number of aryl methyl sites for hydroxylation is 1. The molecule has 1 aliphatic heterocycles. The van der Waals surface area contributed by atoms with Gasteiger partial charge in [-0.2, -0.15) is 0 Å². The predicted octanol–water partition coefficient (Wildman–Crippen LogP) is 1.65. The lowest BCUT2D eigenvalue weighted by Gasteiger charge is -2.33. The van der Waals surface area contributed by atoms with Crippen molar-refractivity contribution in [3.05, 3.63) is 17.6 Å². The van der Waals surface area contributed by atoms with Gasteiger partial charge in [-0.05, 0) is 32.6 Å². The number of piperidine rings is 1. The highest BCUT2D eigenvalue weighted by atomic mass is 16.5. The molecule has 0 unspecified atom stereocenters. The van der Waals surface area contributed by atoms with Gasteiger partial charge >= 0.3 is 0 Å². The smallest absolute Gasteiger partial charge is 0.156 e. The Hall–Kier alpha value is -1.20. The molecule has 0 atom stereocenters. The van der Waals surface area contributed by atoms with Crippen molar-refractivity contribution in [2.24, 2.45) is 0 Å². The van der Waals surface area contributed by atoms with Crippen LogP contribution in [-0.4, -0.2) is 42.3 Å². The molecule has 1 aromatic heterocycles. The molecule has 1 aliphatic carbocycles. The summed E-state index contributed by atoms with van der Waals surface area (Å²) in [6.45, 7) is 4.65. The van der Waals surface area contributed by atoms with E-state index < -0.39 is 0 Å². The summed E-state index contributed by atoms with van der Waals surface area (Å²) >= 11 is 0. The third-order valence-electron chi connectivity index (χ3n) is 4.03. The van der Waals surface area contributed by atoms with Crippen molar-refractivity contribution >= 4 is 5.82 Å². The van der Waals surface area contributed by atoms with E-state index in [9.17, 15) is 0 Å². The lowest BCUT2D eigenvalue weighted by molar-refractivity contribution is 0.177. The van der Waals surface area contributed by atoms with E-state index in [4.69, 9.17) is 4.74 Å². The number of nitrogens with one attached hydrogen (secondary N) is 1. The van der Waals surface area contributed by atoms with Gasteiger partial charge in [0.1, 0.15) is 12.4 Å². The second kappa shape index (κ2) is 6.06. The number of nitrogens with zero attached hydrogens (tertiary/aromatic N) is 3. The van der Waals surface area contributed by atoms with Gasteiger partial charge in [0.15, 0.2) is 5.82 Å². The van der Waals surface area contributed by atoms with Crippen LogP contribution in [0.3, 0.4) is 0 Å². The lowest BCUT2D eigenvalue weighted by atomic mass is 10.0. The van der Waals surface area contributed by atoms with Crippen molar-refractivity contribution in [2.45, 2.75) is 51.3 Å². The zero-order valence-corrected chi connectivity index (χ0v) is 12.4. The molecule has 1 aromatic rings. The summed E-state index contributed by atoms with van der Waals surface area (Å²) in [5.74, 6) is 1.83. The Labute approximate surface area is 120 Å². The van der Waals surface area contributed by atoms with Gasteiger partial charge < -0.3 is 15.0 Å². The normalized spacial score (nSPS) is 20.4. The summed E-state index contributed by atoms with van der Waals surface area (Å²) in [6, 6.07) is 3.58. The minimum Gasteiger partial charge on any atom is -0.377 e. The fraction of sp³-hybridized carbons (Fsp3) is 0.733. The van der Waals surface area contributed by atoms with Crippen molar-refractivity contribution < 1.29 is 4.74 Å². The molecule has 5 nitrogen and oxygen atoms in total. The van der Waals surface area contributed by atoms with Crippen LogP contribution >= 0.6 is 0 Å². The van der Waals surface area contributed by atoms with Crippen molar-refractivity contribution in [3.63, 3.8) is 0 Å². The molecular weight excluding hydrogens is 252 g/mol. The Morgan fingerprint density at radius 3 is 2.55 bits per heavy atom. The molecule has 0 amide bonds. The minimum absolute atomic E-state index is 0.481. The number of ether oxygens (including phenoxy) is 1. The molecule has 1 saturated heterocycles. The third-order valence-corrected chi connectivity index (χ3v) is 4.03. The molecule has 3 rings (SSSR count). The quantitative estimate of drug-likeness (QED) is 0.886. The number of hydrogen-bond acceptors (Lipinski definition) is 5. The topological polar surface area (TPSA) is 50.3 Å². The summed E-state index contributed by atoms with van der Waals surface area (Å²) < 4.78 is 5.14. The lowest BCUT2D eigenvalue weighted by Crippen LogP contribution is -2.43. The fourth-order valence-electron chi connectivity index (χ4n) is 2.83. The zero-order valence-electron chi connectivity index (χ0n) is 12.4. The maximum absolute atomic E-state index is 5.14. The summed E-state index contributed by atoms with van der Waals surface area (Å²) in [5, 5.41) is 3.73. The van der Waals surface area contributed by atoms with E-state index in [0.29, 0.717) is 12.6 Å². The van der Waals surface area contributed by atoms with Crippen molar-refractivity contribution in [3.8, 4) is 0 Å². The standard InChI is InChI=1S/C15H24N4O/c1-11-9-15(18-14(16-11)10-20-2)19-7-5-13(6-8-19)17-12-3-4-12/h9,12-13,17H,3-8,10H2,1-2H3. The van der Waals surface area contributed by atoms with Crippen LogP contribution in [0.1, 0.15) is 37.2 Å². The molecule has 0 bridgehead atoms. The summed E-state index contributed by atoms with van der Waals surface area (Å²) in [7, 11) is 1.68. The van der Waals surface area contributed by atoms with E-state index in [0.717, 1.165) is 36.5 Å². The van der Waals surface area contributed by atoms with Crippen molar-refractivity contribution in [1.29, 1.82) is 0 Å². The van der Waals surface area contributed by atoms with Gasteiger partial charge in [0.2, 0.25) is 0 Å². The van der Waals surface area contributed by atoms with Gasteiger partial charge in [-0.15, -0.1) is 0 Å². The Morgan fingerprint density at radius 2 is 1.90 bits per heavy atom. The molecule has 1 saturated carbocycles. The van der Waals surface area contributed by atoms with E-state index in [1.165, 1.54) is 25.7 Å². The zero-order chi connectivity index (χ0) is 13.9. The van der Waals surface area contributed by atoms with Gasteiger partial charge in [-0.1, -0.05) is 0 Å². The minimum atomic E-state index is 0.481. The highest BCUT2D eigenvalue weighted by molar-refractivity contribution is 5.40. The number of rotatable bonds is 5. The number of hydrogen-bond donors (Lipinski definition) is 1. The molecule has 20 heavy (non-hydrogen) atoms. The van der Waals surface area contributed by atoms with Crippen LogP contribution in [0.25, 0.3) is 0 Å². The number of aromatic nitrogens is 2. The van der Waals surface area contributed by atoms with Gasteiger partial charge in [0.25, 0.3) is 0 Å². The Bertz CT molecular complexity index is 453. The SMILES string of the molecule is COCc1nc(C)cc(N2CCC(NC3CC3)CC2)n1. The van der Waals surface area contributed by atoms with Crippen LogP contribution in [0.15, 0.2) is 6.07 Å². The first-order chi connectivity index (χ1) is 9.74. The average molecular weight is 276 g/mol. The maximum Gasteiger partial charge on any atom is 0.156 e. The Balaban J connectivity index is 1.61. The van der Waals surface area contributed by atoms with E-state index >= 15 is 0 Å². The van der Waals surface area contributed by atoms with E-state index in [2.05, 4.69) is 26.3 Å². The summed E-state index contributed by atoms with van der Waals surface area (Å²) in [5.41, 5.74) is 1.01. The van der Waals surface area contributed by atoms with Gasteiger partial charge in [-0.25, -0.2) is 9.97 Å². The molecular formula is C15H24N4O. The molecule has 2 fully saturated rings. The molecule has 2 heterocycles. The maximum atomic E-state index is 5.14. The number of methoxy groups -OCH3 is 1. The fourth-order valence-corrected chi connectivity index (χ4v) is 2.83. The van der Waals surface area contributed by atoms with Crippen LogP contribution in [0.4, 0.5) is 5.82 Å². The first-order valence-electron chi connectivity index (χ1n) is 7.59. The van der Waals surface area contributed by atoms with E-state index in [1.807, 2.05) is 6.92 Å². The highest BCUT2D eigenvalue weighted by Crippen LogP contribution is 2.24. The largest absolute Gasteiger partial charge is 0.377 e. The molecule has 0 radical (unpaired) electrons. The molecule has 0 aromatic carbocycles. The van der Waals surface area contributed by atoms with Crippen LogP contribution < -0.4 is 10.2 Å². The molecule has 2 aliphatic rings. The van der Waals surface area contributed by atoms with Crippen LogP contribution in [0, 0.1) is 6.92 Å². The van der Waals surface area contributed by atoms with Crippen LogP contribution in [-0.2, 0) is 11.3 Å². The number of anilines is 1. The van der Waals surface area contributed by atoms with Crippen LogP contribution in [0.5, 0.6) is 0 Å². The van der Waals surface area contributed by atoms with Crippen LogP contribution in [0.2, 0.25) is 0 Å². The van der Waals surface area contributed by atoms with Crippen molar-refractivity contribution in [2.75, 3.05) is 25.1 Å². The van der Waals surface area contributed by atoms with E-state index in [-0.39, 0.29) is 0 Å².